The maximum atomic E-state index is 12.4. The van der Waals surface area contributed by atoms with E-state index in [9.17, 15) is 4.79 Å². The first kappa shape index (κ1) is 25.7. The van der Waals surface area contributed by atoms with E-state index in [-0.39, 0.29) is 29.9 Å². The molecule has 0 unspecified atom stereocenters. The number of amides is 1. The largest absolute Gasteiger partial charge is 0.459 e. The van der Waals surface area contributed by atoms with Gasteiger partial charge >= 0.3 is 0 Å². The number of halogens is 1. The zero-order valence-corrected chi connectivity index (χ0v) is 20.6. The highest BCUT2D eigenvalue weighted by molar-refractivity contribution is 14.0. The standard InChI is InChI=1S/C21H37N5O2.HI/c1-4-22-21(23-12-8-6-5-7-9-13-24(2)3)26-16-14-25(15-17-26)20(27)19-11-10-18-28-19;/h10-11,18H,4-9,12-17H2,1-3H3,(H,22,23);1H. The normalized spacial score (nSPS) is 14.8. The second-order valence-corrected chi connectivity index (χ2v) is 7.56. The summed E-state index contributed by atoms with van der Waals surface area (Å²) in [7, 11) is 4.26. The quantitative estimate of drug-likeness (QED) is 0.223. The lowest BCUT2D eigenvalue weighted by Gasteiger charge is -2.36. The van der Waals surface area contributed by atoms with Crippen molar-refractivity contribution in [3.05, 3.63) is 24.2 Å². The van der Waals surface area contributed by atoms with Crippen molar-refractivity contribution >= 4 is 35.8 Å². The van der Waals surface area contributed by atoms with Crippen molar-refractivity contribution in [2.45, 2.75) is 39.0 Å². The third-order valence-electron chi connectivity index (χ3n) is 4.96. The van der Waals surface area contributed by atoms with Gasteiger partial charge in [-0.1, -0.05) is 19.3 Å². The summed E-state index contributed by atoms with van der Waals surface area (Å²) in [5, 5.41) is 3.40. The lowest BCUT2D eigenvalue weighted by Crippen LogP contribution is -2.53. The molecular formula is C21H38IN5O2. The average Bonchev–Trinajstić information content (AvgIpc) is 3.23. The van der Waals surface area contributed by atoms with Crippen molar-refractivity contribution in [3.8, 4) is 0 Å². The molecule has 7 nitrogen and oxygen atoms in total. The second kappa shape index (κ2) is 14.7. The van der Waals surface area contributed by atoms with Crippen molar-refractivity contribution in [2.75, 3.05) is 59.9 Å². The number of hydrogen-bond donors (Lipinski definition) is 1. The van der Waals surface area contributed by atoms with Gasteiger partial charge in [0.1, 0.15) is 0 Å². The van der Waals surface area contributed by atoms with Gasteiger partial charge in [-0.25, -0.2) is 0 Å². The first-order valence-corrected chi connectivity index (χ1v) is 10.6. The van der Waals surface area contributed by atoms with Crippen LogP contribution in [0.5, 0.6) is 0 Å². The Morgan fingerprint density at radius 2 is 1.76 bits per heavy atom. The minimum atomic E-state index is -0.0270. The summed E-state index contributed by atoms with van der Waals surface area (Å²) in [6.45, 7) is 7.96. The maximum Gasteiger partial charge on any atom is 0.289 e. The van der Waals surface area contributed by atoms with E-state index in [2.05, 4.69) is 36.1 Å². The van der Waals surface area contributed by atoms with Gasteiger partial charge in [0.25, 0.3) is 5.91 Å². The Kier molecular flexibility index (Phi) is 13.0. The Balaban J connectivity index is 0.00000420. The molecule has 0 aromatic carbocycles. The Bertz CT molecular complexity index is 584. The van der Waals surface area contributed by atoms with Crippen LogP contribution in [0.25, 0.3) is 0 Å². The van der Waals surface area contributed by atoms with Crippen LogP contribution < -0.4 is 5.32 Å². The number of piperazine rings is 1. The zero-order chi connectivity index (χ0) is 20.2. The molecule has 1 N–H and O–H groups in total. The van der Waals surface area contributed by atoms with Crippen molar-refractivity contribution in [3.63, 3.8) is 0 Å². The van der Waals surface area contributed by atoms with Gasteiger partial charge in [-0.15, -0.1) is 24.0 Å². The molecule has 8 heteroatoms. The van der Waals surface area contributed by atoms with Gasteiger partial charge in [0.05, 0.1) is 6.26 Å². The van der Waals surface area contributed by atoms with Crippen molar-refractivity contribution in [2.24, 2.45) is 4.99 Å². The summed E-state index contributed by atoms with van der Waals surface area (Å²) in [4.78, 5) is 23.5. The van der Waals surface area contributed by atoms with Gasteiger partial charge in [0, 0.05) is 39.3 Å². The molecule has 166 valence electrons. The molecule has 1 saturated heterocycles. The molecule has 0 radical (unpaired) electrons. The number of hydrogen-bond acceptors (Lipinski definition) is 4. The summed E-state index contributed by atoms with van der Waals surface area (Å²) in [5.41, 5.74) is 0. The van der Waals surface area contributed by atoms with Gasteiger partial charge in [-0.05, 0) is 52.5 Å². The van der Waals surface area contributed by atoms with E-state index in [1.807, 2.05) is 4.90 Å². The zero-order valence-electron chi connectivity index (χ0n) is 18.2. The molecule has 1 aliphatic heterocycles. The molecule has 1 amide bonds. The van der Waals surface area contributed by atoms with Gasteiger partial charge in [-0.3, -0.25) is 9.79 Å². The van der Waals surface area contributed by atoms with Crippen LogP contribution in [-0.4, -0.2) is 86.5 Å². The molecule has 0 aliphatic carbocycles. The topological polar surface area (TPSA) is 64.3 Å². The fraction of sp³-hybridized carbons (Fsp3) is 0.714. The third-order valence-corrected chi connectivity index (χ3v) is 4.96. The molecule has 1 aromatic heterocycles. The van der Waals surface area contributed by atoms with Crippen molar-refractivity contribution < 1.29 is 9.21 Å². The summed E-state index contributed by atoms with van der Waals surface area (Å²) in [5.74, 6) is 1.36. The van der Waals surface area contributed by atoms with E-state index in [4.69, 9.17) is 9.41 Å². The summed E-state index contributed by atoms with van der Waals surface area (Å²) in [6.07, 6.45) is 7.78. The molecule has 1 aromatic rings. The van der Waals surface area contributed by atoms with Crippen LogP contribution in [0.1, 0.15) is 49.6 Å². The highest BCUT2D eigenvalue weighted by atomic mass is 127. The highest BCUT2D eigenvalue weighted by Crippen LogP contribution is 2.10. The summed E-state index contributed by atoms with van der Waals surface area (Å²) < 4.78 is 5.23. The number of rotatable bonds is 10. The smallest absolute Gasteiger partial charge is 0.289 e. The first-order valence-electron chi connectivity index (χ1n) is 10.6. The van der Waals surface area contributed by atoms with Gasteiger partial charge < -0.3 is 24.4 Å². The van der Waals surface area contributed by atoms with Gasteiger partial charge in [0.2, 0.25) is 0 Å². The van der Waals surface area contributed by atoms with E-state index in [1.165, 1.54) is 32.2 Å². The van der Waals surface area contributed by atoms with Crippen LogP contribution >= 0.6 is 24.0 Å². The lowest BCUT2D eigenvalue weighted by molar-refractivity contribution is 0.0657. The van der Waals surface area contributed by atoms with Gasteiger partial charge in [0.15, 0.2) is 11.7 Å². The van der Waals surface area contributed by atoms with Crippen LogP contribution in [0.3, 0.4) is 0 Å². The van der Waals surface area contributed by atoms with Crippen LogP contribution in [0.2, 0.25) is 0 Å². The number of guanidine groups is 1. The number of carbonyl (C=O) groups is 1. The summed E-state index contributed by atoms with van der Waals surface area (Å²) in [6, 6.07) is 3.47. The molecule has 2 rings (SSSR count). The number of nitrogens with zero attached hydrogens (tertiary/aromatic N) is 4. The number of aliphatic imine (C=N–C) groups is 1. The number of unbranched alkanes of at least 4 members (excludes halogenated alkanes) is 4. The van der Waals surface area contributed by atoms with E-state index in [0.717, 1.165) is 38.6 Å². The molecule has 0 atom stereocenters. The van der Waals surface area contributed by atoms with E-state index in [1.54, 1.807) is 18.4 Å². The molecule has 1 fully saturated rings. The fourth-order valence-electron chi connectivity index (χ4n) is 3.36. The van der Waals surface area contributed by atoms with Crippen LogP contribution in [0, 0.1) is 0 Å². The molecule has 1 aliphatic rings. The van der Waals surface area contributed by atoms with Crippen molar-refractivity contribution in [1.82, 2.24) is 20.0 Å². The van der Waals surface area contributed by atoms with E-state index < -0.39 is 0 Å². The Labute approximate surface area is 192 Å². The molecule has 0 spiro atoms. The highest BCUT2D eigenvalue weighted by Gasteiger charge is 2.25. The predicted molar refractivity (Wildman–Crippen MR) is 129 cm³/mol. The Morgan fingerprint density at radius 3 is 2.38 bits per heavy atom. The minimum absolute atomic E-state index is 0. The molecule has 2 heterocycles. The summed E-state index contributed by atoms with van der Waals surface area (Å²) >= 11 is 0. The number of carbonyl (C=O) groups excluding carboxylic acids is 1. The Hall–Kier alpha value is -1.29. The molecular weight excluding hydrogens is 481 g/mol. The van der Waals surface area contributed by atoms with Crippen LogP contribution in [-0.2, 0) is 0 Å². The maximum absolute atomic E-state index is 12.4. The molecule has 0 bridgehead atoms. The lowest BCUT2D eigenvalue weighted by atomic mass is 10.1. The minimum Gasteiger partial charge on any atom is -0.459 e. The predicted octanol–water partition coefficient (Wildman–Crippen LogP) is 3.13. The fourth-order valence-corrected chi connectivity index (χ4v) is 3.36. The first-order chi connectivity index (χ1) is 13.6. The van der Waals surface area contributed by atoms with E-state index in [0.29, 0.717) is 18.8 Å². The number of furan rings is 1. The molecule has 29 heavy (non-hydrogen) atoms. The monoisotopic (exact) mass is 519 g/mol. The van der Waals surface area contributed by atoms with Gasteiger partial charge in [-0.2, -0.15) is 0 Å². The van der Waals surface area contributed by atoms with Crippen LogP contribution in [0.4, 0.5) is 0 Å². The third kappa shape index (κ3) is 9.37. The average molecular weight is 519 g/mol. The second-order valence-electron chi connectivity index (χ2n) is 7.56. The van der Waals surface area contributed by atoms with Crippen molar-refractivity contribution in [1.29, 1.82) is 0 Å². The Morgan fingerprint density at radius 1 is 1.10 bits per heavy atom. The number of nitrogens with one attached hydrogen (secondary N) is 1. The van der Waals surface area contributed by atoms with Crippen LogP contribution in [0.15, 0.2) is 27.8 Å². The SMILES string of the molecule is CCNC(=NCCCCCCCN(C)C)N1CCN(C(=O)c2ccco2)CC1.I. The van der Waals surface area contributed by atoms with E-state index >= 15 is 0 Å². The molecule has 0 saturated carbocycles.